The second kappa shape index (κ2) is 5.30. The zero-order valence-electron chi connectivity index (χ0n) is 9.45. The van der Waals surface area contributed by atoms with Crippen LogP contribution < -0.4 is 0 Å². The summed E-state index contributed by atoms with van der Waals surface area (Å²) >= 11 is 0. The number of benzene rings is 1. The first kappa shape index (κ1) is 11.4. The molecule has 0 aliphatic rings. The Morgan fingerprint density at radius 3 is 2.33 bits per heavy atom. The molecule has 0 heterocycles. The average Bonchev–Trinajstić information content (AvgIpc) is 2.26. The Balaban J connectivity index is 2.90. The zero-order chi connectivity index (χ0) is 11.3. The maximum absolute atomic E-state index is 11.9. The molecular weight excluding hydrogens is 184 g/mol. The maximum atomic E-state index is 11.9. The third-order valence-corrected chi connectivity index (χ3v) is 2.21. The quantitative estimate of drug-likeness (QED) is 0.413. The Kier molecular flexibility index (Phi) is 4.04. The summed E-state index contributed by atoms with van der Waals surface area (Å²) in [5, 5.41) is 0. The van der Waals surface area contributed by atoms with Crippen LogP contribution in [0.25, 0.3) is 0 Å². The molecule has 1 rings (SSSR count). The maximum Gasteiger partial charge on any atom is 0.188 e. The van der Waals surface area contributed by atoms with Gasteiger partial charge in [-0.05, 0) is 26.3 Å². The van der Waals surface area contributed by atoms with Gasteiger partial charge < -0.3 is 0 Å². The number of hydrogen-bond acceptors (Lipinski definition) is 1. The highest BCUT2D eigenvalue weighted by molar-refractivity contribution is 6.08. The van der Waals surface area contributed by atoms with E-state index >= 15 is 0 Å². The topological polar surface area (TPSA) is 17.1 Å². The van der Waals surface area contributed by atoms with E-state index in [0.717, 1.165) is 11.1 Å². The Morgan fingerprint density at radius 2 is 1.80 bits per heavy atom. The number of carbonyl (C=O) groups is 1. The largest absolute Gasteiger partial charge is 0.289 e. The molecule has 1 heteroatoms. The smallest absolute Gasteiger partial charge is 0.188 e. The molecule has 1 nitrogen and oxygen atoms in total. The summed E-state index contributed by atoms with van der Waals surface area (Å²) in [6.07, 6.45) is 5.62. The molecule has 78 valence electrons. The summed E-state index contributed by atoms with van der Waals surface area (Å²) in [4.78, 5) is 11.9. The molecule has 0 amide bonds. The average molecular weight is 200 g/mol. The summed E-state index contributed by atoms with van der Waals surface area (Å²) in [6.45, 7) is 5.78. The molecule has 0 aromatic heterocycles. The van der Waals surface area contributed by atoms with E-state index in [0.29, 0.717) is 0 Å². The van der Waals surface area contributed by atoms with Crippen molar-refractivity contribution in [3.63, 3.8) is 0 Å². The second-order valence-electron chi connectivity index (χ2n) is 3.57. The van der Waals surface area contributed by atoms with Crippen LogP contribution in [-0.2, 0) is 0 Å². The van der Waals surface area contributed by atoms with Gasteiger partial charge in [-0.3, -0.25) is 4.79 Å². The molecule has 0 bridgehead atoms. The molecule has 15 heavy (non-hydrogen) atoms. The van der Waals surface area contributed by atoms with Gasteiger partial charge in [0.05, 0.1) is 0 Å². The van der Waals surface area contributed by atoms with E-state index in [1.165, 1.54) is 5.56 Å². The van der Waals surface area contributed by atoms with Crippen molar-refractivity contribution in [2.45, 2.75) is 20.8 Å². The van der Waals surface area contributed by atoms with E-state index in [-0.39, 0.29) is 5.78 Å². The normalized spacial score (nSPS) is 12.1. The van der Waals surface area contributed by atoms with Crippen molar-refractivity contribution in [3.05, 3.63) is 59.2 Å². The monoisotopic (exact) mass is 200 g/mol. The highest BCUT2D eigenvalue weighted by Crippen LogP contribution is 2.09. The molecule has 0 fully saturated rings. The van der Waals surface area contributed by atoms with E-state index in [4.69, 9.17) is 0 Å². The van der Waals surface area contributed by atoms with Crippen molar-refractivity contribution in [3.8, 4) is 0 Å². The van der Waals surface area contributed by atoms with E-state index in [2.05, 4.69) is 0 Å². The van der Waals surface area contributed by atoms with Gasteiger partial charge >= 0.3 is 0 Å². The van der Waals surface area contributed by atoms with Gasteiger partial charge in [-0.2, -0.15) is 0 Å². The lowest BCUT2D eigenvalue weighted by atomic mass is 10.0. The van der Waals surface area contributed by atoms with Crippen molar-refractivity contribution >= 4 is 5.78 Å². The summed E-state index contributed by atoms with van der Waals surface area (Å²) in [7, 11) is 0. The fourth-order valence-electron chi connectivity index (χ4n) is 1.25. The van der Waals surface area contributed by atoms with E-state index < -0.39 is 0 Å². The minimum Gasteiger partial charge on any atom is -0.289 e. The minimum atomic E-state index is 0.0908. The van der Waals surface area contributed by atoms with Gasteiger partial charge in [-0.15, -0.1) is 0 Å². The van der Waals surface area contributed by atoms with Crippen molar-refractivity contribution < 1.29 is 4.79 Å². The SMILES string of the molecule is C/C=C/C=C(\C)C(=O)c1ccc(C)cc1. The summed E-state index contributed by atoms with van der Waals surface area (Å²) in [6, 6.07) is 7.64. The summed E-state index contributed by atoms with van der Waals surface area (Å²) in [5.74, 6) is 0.0908. The van der Waals surface area contributed by atoms with Gasteiger partial charge in [0.15, 0.2) is 5.78 Å². The predicted octanol–water partition coefficient (Wildman–Crippen LogP) is 3.70. The van der Waals surface area contributed by atoms with Crippen LogP contribution in [0.2, 0.25) is 0 Å². The van der Waals surface area contributed by atoms with Gasteiger partial charge in [0.1, 0.15) is 0 Å². The van der Waals surface area contributed by atoms with Crippen LogP contribution in [0.4, 0.5) is 0 Å². The second-order valence-corrected chi connectivity index (χ2v) is 3.57. The number of carbonyl (C=O) groups excluding carboxylic acids is 1. The molecule has 0 unspecified atom stereocenters. The third kappa shape index (κ3) is 3.21. The van der Waals surface area contributed by atoms with Gasteiger partial charge in [0, 0.05) is 5.56 Å². The molecule has 0 aliphatic heterocycles. The Hall–Kier alpha value is -1.63. The lowest BCUT2D eigenvalue weighted by molar-refractivity contribution is 0.103. The number of hydrogen-bond donors (Lipinski definition) is 0. The van der Waals surface area contributed by atoms with Gasteiger partial charge in [-0.1, -0.05) is 48.1 Å². The van der Waals surface area contributed by atoms with Crippen LogP contribution in [0.5, 0.6) is 0 Å². The first-order valence-corrected chi connectivity index (χ1v) is 5.06. The molecule has 1 aromatic rings. The van der Waals surface area contributed by atoms with Crippen LogP contribution in [0, 0.1) is 6.92 Å². The summed E-state index contributed by atoms with van der Waals surface area (Å²) in [5.41, 5.74) is 2.68. The van der Waals surface area contributed by atoms with Gasteiger partial charge in [0.2, 0.25) is 0 Å². The van der Waals surface area contributed by atoms with Crippen molar-refractivity contribution in [1.29, 1.82) is 0 Å². The van der Waals surface area contributed by atoms with Crippen molar-refractivity contribution in [2.75, 3.05) is 0 Å². The third-order valence-electron chi connectivity index (χ3n) is 2.21. The van der Waals surface area contributed by atoms with E-state index in [1.807, 2.05) is 63.3 Å². The van der Waals surface area contributed by atoms with Crippen LogP contribution in [0.1, 0.15) is 29.8 Å². The lowest BCUT2D eigenvalue weighted by Gasteiger charge is -2.00. The Morgan fingerprint density at radius 1 is 1.20 bits per heavy atom. The van der Waals surface area contributed by atoms with Crippen LogP contribution in [-0.4, -0.2) is 5.78 Å². The molecule has 0 saturated carbocycles. The number of allylic oxidation sites excluding steroid dienone is 4. The predicted molar refractivity (Wildman–Crippen MR) is 64.1 cm³/mol. The molecule has 0 aliphatic carbocycles. The highest BCUT2D eigenvalue weighted by Gasteiger charge is 2.06. The van der Waals surface area contributed by atoms with E-state index in [9.17, 15) is 4.79 Å². The zero-order valence-corrected chi connectivity index (χ0v) is 9.45. The summed E-state index contributed by atoms with van der Waals surface area (Å²) < 4.78 is 0. The molecule has 0 radical (unpaired) electrons. The minimum absolute atomic E-state index is 0.0908. The molecule has 0 atom stereocenters. The molecule has 0 N–H and O–H groups in total. The van der Waals surface area contributed by atoms with Crippen LogP contribution in [0.15, 0.2) is 48.1 Å². The van der Waals surface area contributed by atoms with Crippen molar-refractivity contribution in [1.82, 2.24) is 0 Å². The number of Topliss-reactive ketones (excluding diaryl/α,β-unsaturated/α-hetero) is 1. The lowest BCUT2D eigenvalue weighted by Crippen LogP contribution is -1.99. The molecule has 1 aromatic carbocycles. The van der Waals surface area contributed by atoms with Crippen LogP contribution in [0.3, 0.4) is 0 Å². The number of rotatable bonds is 3. The van der Waals surface area contributed by atoms with Gasteiger partial charge in [-0.25, -0.2) is 0 Å². The first-order chi connectivity index (χ1) is 7.15. The highest BCUT2D eigenvalue weighted by atomic mass is 16.1. The molecular formula is C14H16O. The molecule has 0 spiro atoms. The fourth-order valence-corrected chi connectivity index (χ4v) is 1.25. The number of aryl methyl sites for hydroxylation is 1. The Labute approximate surface area is 91.1 Å². The number of ketones is 1. The fraction of sp³-hybridized carbons (Fsp3) is 0.214. The standard InChI is InChI=1S/C14H16O/c1-4-5-6-12(3)14(15)13-9-7-11(2)8-10-13/h4-10H,1-3H3/b5-4+,12-6+. The first-order valence-electron chi connectivity index (χ1n) is 5.06. The van der Waals surface area contributed by atoms with E-state index in [1.54, 1.807) is 0 Å². The van der Waals surface area contributed by atoms with Gasteiger partial charge in [0.25, 0.3) is 0 Å². The Bertz CT molecular complexity index is 394. The molecule has 0 saturated heterocycles. The van der Waals surface area contributed by atoms with Crippen molar-refractivity contribution in [2.24, 2.45) is 0 Å². The van der Waals surface area contributed by atoms with Crippen LogP contribution >= 0.6 is 0 Å².